The summed E-state index contributed by atoms with van der Waals surface area (Å²) < 4.78 is 10.7. The Balaban J connectivity index is 2.02. The third-order valence-electron chi connectivity index (χ3n) is 5.21. The zero-order valence-corrected chi connectivity index (χ0v) is 12.9. The normalized spacial score (nSPS) is 42.8. The van der Waals surface area contributed by atoms with Crippen molar-refractivity contribution in [1.29, 1.82) is 0 Å². The van der Waals surface area contributed by atoms with Gasteiger partial charge in [-0.25, -0.2) is 4.79 Å². The molecule has 124 valence electrons. The van der Waals surface area contributed by atoms with E-state index in [1.54, 1.807) is 0 Å². The van der Waals surface area contributed by atoms with E-state index in [1.807, 2.05) is 0 Å². The number of carbonyl (C=O) groups excluding carboxylic acids is 2. The lowest BCUT2D eigenvalue weighted by atomic mass is 9.81. The van der Waals surface area contributed by atoms with Crippen LogP contribution in [-0.4, -0.2) is 46.6 Å². The van der Waals surface area contributed by atoms with Crippen LogP contribution in [0.2, 0.25) is 0 Å². The summed E-state index contributed by atoms with van der Waals surface area (Å²) in [6.07, 6.45) is -3.21. The molecule has 2 N–H and O–H groups in total. The minimum atomic E-state index is -1.21. The molecule has 3 fully saturated rings. The third kappa shape index (κ3) is 2.24. The van der Waals surface area contributed by atoms with Crippen molar-refractivity contribution in [2.24, 2.45) is 17.8 Å². The fraction of sp³-hybridized carbons (Fsp3) is 0.529. The van der Waals surface area contributed by atoms with E-state index in [9.17, 15) is 19.8 Å². The Bertz CT molecular complexity index is 621. The van der Waals surface area contributed by atoms with Crippen LogP contribution < -0.4 is 0 Å². The SMILES string of the molecule is C=C1C(=O)O[C@@H]2[C@H]1[C@H](O)[C@H](O)C(=C)[C@@H]1C[C@@H](OC(C)=O)C(=C)[C@H]21. The third-order valence-corrected chi connectivity index (χ3v) is 5.21. The number of hydrogen-bond acceptors (Lipinski definition) is 6. The van der Waals surface area contributed by atoms with E-state index >= 15 is 0 Å². The van der Waals surface area contributed by atoms with Crippen LogP contribution in [0.25, 0.3) is 0 Å². The highest BCUT2D eigenvalue weighted by molar-refractivity contribution is 5.91. The zero-order chi connectivity index (χ0) is 17.0. The van der Waals surface area contributed by atoms with Crippen molar-refractivity contribution in [3.63, 3.8) is 0 Å². The summed E-state index contributed by atoms with van der Waals surface area (Å²) in [6.45, 7) is 12.9. The van der Waals surface area contributed by atoms with E-state index in [0.29, 0.717) is 17.6 Å². The van der Waals surface area contributed by atoms with E-state index < -0.39 is 42.3 Å². The van der Waals surface area contributed by atoms with Gasteiger partial charge in [0, 0.05) is 18.4 Å². The molecule has 2 aliphatic carbocycles. The van der Waals surface area contributed by atoms with Gasteiger partial charge in [0.2, 0.25) is 0 Å². The van der Waals surface area contributed by atoms with Gasteiger partial charge in [-0.15, -0.1) is 0 Å². The van der Waals surface area contributed by atoms with Crippen LogP contribution >= 0.6 is 0 Å². The summed E-state index contributed by atoms with van der Waals surface area (Å²) >= 11 is 0. The monoisotopic (exact) mass is 320 g/mol. The highest BCUT2D eigenvalue weighted by Crippen LogP contribution is 2.52. The molecule has 6 nitrogen and oxygen atoms in total. The molecule has 1 aliphatic heterocycles. The lowest BCUT2D eigenvalue weighted by Crippen LogP contribution is -2.38. The molecule has 3 rings (SSSR count). The Morgan fingerprint density at radius 2 is 1.87 bits per heavy atom. The number of ether oxygens (including phenoxy) is 2. The maximum absolute atomic E-state index is 11.9. The summed E-state index contributed by atoms with van der Waals surface area (Å²) in [5, 5.41) is 20.8. The molecule has 0 aromatic rings. The minimum absolute atomic E-state index is 0.138. The molecule has 1 heterocycles. The molecular formula is C17H20O6. The van der Waals surface area contributed by atoms with E-state index in [4.69, 9.17) is 9.47 Å². The van der Waals surface area contributed by atoms with Crippen LogP contribution in [0, 0.1) is 17.8 Å². The molecule has 0 aromatic carbocycles. The molecule has 0 unspecified atom stereocenters. The Kier molecular flexibility index (Phi) is 3.69. The number of hydrogen-bond donors (Lipinski definition) is 2. The summed E-state index contributed by atoms with van der Waals surface area (Å²) in [5.41, 5.74) is 1.19. The van der Waals surface area contributed by atoms with Gasteiger partial charge in [-0.2, -0.15) is 0 Å². The summed E-state index contributed by atoms with van der Waals surface area (Å²) in [5.74, 6) is -2.39. The van der Waals surface area contributed by atoms with Crippen LogP contribution in [0.4, 0.5) is 0 Å². The Morgan fingerprint density at radius 3 is 2.48 bits per heavy atom. The molecule has 23 heavy (non-hydrogen) atoms. The number of rotatable bonds is 1. The molecule has 0 bridgehead atoms. The first-order chi connectivity index (χ1) is 10.7. The first-order valence-electron chi connectivity index (χ1n) is 7.54. The number of aliphatic hydroxyl groups is 2. The summed E-state index contributed by atoms with van der Waals surface area (Å²) in [6, 6.07) is 0. The number of aliphatic hydroxyl groups excluding tert-OH is 2. The second kappa shape index (κ2) is 5.32. The molecule has 6 heteroatoms. The maximum atomic E-state index is 11.9. The zero-order valence-electron chi connectivity index (χ0n) is 12.9. The van der Waals surface area contributed by atoms with Crippen LogP contribution in [0.15, 0.2) is 36.5 Å². The quantitative estimate of drug-likeness (QED) is 0.415. The van der Waals surface area contributed by atoms with Crippen LogP contribution in [0.1, 0.15) is 13.3 Å². The lowest BCUT2D eigenvalue weighted by Gasteiger charge is -2.27. The average molecular weight is 320 g/mol. The van der Waals surface area contributed by atoms with Crippen molar-refractivity contribution in [2.75, 3.05) is 0 Å². The molecule has 0 aromatic heterocycles. The van der Waals surface area contributed by atoms with Gasteiger partial charge in [0.25, 0.3) is 0 Å². The van der Waals surface area contributed by atoms with Crippen molar-refractivity contribution in [2.45, 2.75) is 37.8 Å². The van der Waals surface area contributed by atoms with Crippen LogP contribution in [0.3, 0.4) is 0 Å². The Hall–Kier alpha value is -1.92. The first kappa shape index (κ1) is 16.0. The minimum Gasteiger partial charge on any atom is -0.458 e. The fourth-order valence-corrected chi connectivity index (χ4v) is 4.09. The topological polar surface area (TPSA) is 93.1 Å². The number of fused-ring (bicyclic) bond motifs is 3. The molecule has 7 atom stereocenters. The predicted molar refractivity (Wildman–Crippen MR) is 80.0 cm³/mol. The van der Waals surface area contributed by atoms with Crippen molar-refractivity contribution in [1.82, 2.24) is 0 Å². The number of carbonyl (C=O) groups is 2. The van der Waals surface area contributed by atoms with Crippen LogP contribution in [-0.2, 0) is 19.1 Å². The van der Waals surface area contributed by atoms with Gasteiger partial charge in [0.05, 0.1) is 12.0 Å². The largest absolute Gasteiger partial charge is 0.458 e. The van der Waals surface area contributed by atoms with Crippen LogP contribution in [0.5, 0.6) is 0 Å². The van der Waals surface area contributed by atoms with E-state index in [2.05, 4.69) is 19.7 Å². The van der Waals surface area contributed by atoms with Gasteiger partial charge in [0.15, 0.2) is 0 Å². The first-order valence-corrected chi connectivity index (χ1v) is 7.54. The molecular weight excluding hydrogens is 300 g/mol. The van der Waals surface area contributed by atoms with Crippen molar-refractivity contribution < 1.29 is 29.3 Å². The summed E-state index contributed by atoms with van der Waals surface area (Å²) in [7, 11) is 0. The predicted octanol–water partition coefficient (Wildman–Crippen LogP) is 0.500. The van der Waals surface area contributed by atoms with Gasteiger partial charge in [-0.05, 0) is 23.5 Å². The van der Waals surface area contributed by atoms with Gasteiger partial charge in [0.1, 0.15) is 18.3 Å². The van der Waals surface area contributed by atoms with Gasteiger partial charge < -0.3 is 19.7 Å². The fourth-order valence-electron chi connectivity index (χ4n) is 4.09. The van der Waals surface area contributed by atoms with E-state index in [-0.39, 0.29) is 17.4 Å². The van der Waals surface area contributed by atoms with Gasteiger partial charge in [-0.3, -0.25) is 4.79 Å². The lowest BCUT2D eigenvalue weighted by molar-refractivity contribution is -0.145. The standard InChI is InChI=1S/C17H20O6/c1-6-10-5-11(22-9(4)18)7(2)12(10)16-13(15(20)14(6)19)8(3)17(21)23-16/h10-16,19-20H,1-3,5H2,4H3/t10-,11+,12-,13+,14+,15-,16-/m0/s1. The van der Waals surface area contributed by atoms with E-state index in [1.165, 1.54) is 6.92 Å². The van der Waals surface area contributed by atoms with E-state index in [0.717, 1.165) is 0 Å². The van der Waals surface area contributed by atoms with Gasteiger partial charge in [-0.1, -0.05) is 19.7 Å². The number of esters is 2. The average Bonchev–Trinajstić information content (AvgIpc) is 2.92. The molecule has 1 saturated heterocycles. The second-order valence-electron chi connectivity index (χ2n) is 6.47. The molecule has 0 amide bonds. The molecule has 0 radical (unpaired) electrons. The van der Waals surface area contributed by atoms with Crippen molar-refractivity contribution in [3.8, 4) is 0 Å². The molecule has 0 spiro atoms. The highest BCUT2D eigenvalue weighted by Gasteiger charge is 2.58. The molecule has 3 aliphatic rings. The summed E-state index contributed by atoms with van der Waals surface area (Å²) in [4.78, 5) is 23.2. The Labute approximate surface area is 134 Å². The van der Waals surface area contributed by atoms with Crippen molar-refractivity contribution >= 4 is 11.9 Å². The second-order valence-corrected chi connectivity index (χ2v) is 6.47. The highest BCUT2D eigenvalue weighted by atomic mass is 16.6. The Morgan fingerprint density at radius 1 is 1.22 bits per heavy atom. The van der Waals surface area contributed by atoms with Gasteiger partial charge >= 0.3 is 11.9 Å². The smallest absolute Gasteiger partial charge is 0.334 e. The van der Waals surface area contributed by atoms with Crippen molar-refractivity contribution in [3.05, 3.63) is 36.5 Å². The maximum Gasteiger partial charge on any atom is 0.334 e. The molecule has 2 saturated carbocycles.